The van der Waals surface area contributed by atoms with Crippen LogP contribution in [-0.2, 0) is 13.1 Å². The molecule has 0 spiro atoms. The zero-order chi connectivity index (χ0) is 12.8. The second kappa shape index (κ2) is 6.21. The summed E-state index contributed by atoms with van der Waals surface area (Å²) in [5.74, 6) is 0.300. The first kappa shape index (κ1) is 12.6. The molecule has 2 rings (SSSR count). The van der Waals surface area contributed by atoms with Crippen molar-refractivity contribution in [3.63, 3.8) is 0 Å². The first-order valence-electron chi connectivity index (χ1n) is 6.27. The van der Waals surface area contributed by atoms with Gasteiger partial charge in [-0.1, -0.05) is 19.1 Å². The number of hydrogen-bond donors (Lipinski definition) is 2. The first-order valence-corrected chi connectivity index (χ1v) is 6.27. The van der Waals surface area contributed by atoms with Crippen molar-refractivity contribution < 1.29 is 5.11 Å². The number of rotatable bonds is 6. The maximum Gasteiger partial charge on any atom is 0.115 e. The lowest BCUT2D eigenvalue weighted by molar-refractivity contribution is 0.475. The van der Waals surface area contributed by atoms with E-state index >= 15 is 0 Å². The Bertz CT molecular complexity index is 476. The highest BCUT2D eigenvalue weighted by Crippen LogP contribution is 2.11. The molecule has 18 heavy (non-hydrogen) atoms. The van der Waals surface area contributed by atoms with Crippen LogP contribution in [0.1, 0.15) is 24.6 Å². The minimum absolute atomic E-state index is 0.300. The van der Waals surface area contributed by atoms with Crippen LogP contribution in [0.2, 0.25) is 0 Å². The Balaban J connectivity index is 1.91. The van der Waals surface area contributed by atoms with Gasteiger partial charge in [0.2, 0.25) is 0 Å². The summed E-state index contributed by atoms with van der Waals surface area (Å²) in [6.07, 6.45) is 5.03. The predicted molar refractivity (Wildman–Crippen MR) is 71.4 cm³/mol. The van der Waals surface area contributed by atoms with Crippen molar-refractivity contribution in [1.82, 2.24) is 14.9 Å². The smallest absolute Gasteiger partial charge is 0.115 e. The number of nitrogens with zero attached hydrogens (tertiary/aromatic N) is 2. The predicted octanol–water partition coefficient (Wildman–Crippen LogP) is 2.14. The Labute approximate surface area is 107 Å². The first-order chi connectivity index (χ1) is 8.78. The second-order valence-electron chi connectivity index (χ2n) is 4.38. The van der Waals surface area contributed by atoms with Crippen molar-refractivity contribution in [1.29, 1.82) is 0 Å². The highest BCUT2D eigenvalue weighted by atomic mass is 16.3. The van der Waals surface area contributed by atoms with Crippen LogP contribution in [0.5, 0.6) is 5.75 Å². The Morgan fingerprint density at radius 1 is 1.28 bits per heavy atom. The molecule has 0 aliphatic rings. The van der Waals surface area contributed by atoms with Gasteiger partial charge in [-0.2, -0.15) is 0 Å². The average molecular weight is 245 g/mol. The zero-order valence-electron chi connectivity index (χ0n) is 10.6. The molecular weight excluding hydrogens is 226 g/mol. The fourth-order valence-corrected chi connectivity index (χ4v) is 1.79. The lowest BCUT2D eigenvalue weighted by Gasteiger charge is -2.02. The average Bonchev–Trinajstić information content (AvgIpc) is 2.80. The summed E-state index contributed by atoms with van der Waals surface area (Å²) < 4.78 is 2.05. The molecule has 0 radical (unpaired) electrons. The topological polar surface area (TPSA) is 50.1 Å². The number of aromatic nitrogens is 2. The van der Waals surface area contributed by atoms with Gasteiger partial charge in [0.05, 0.1) is 12.0 Å². The highest BCUT2D eigenvalue weighted by molar-refractivity contribution is 5.26. The van der Waals surface area contributed by atoms with E-state index in [4.69, 9.17) is 0 Å². The van der Waals surface area contributed by atoms with Crippen LogP contribution < -0.4 is 5.32 Å². The number of benzene rings is 1. The van der Waals surface area contributed by atoms with Gasteiger partial charge in [0.15, 0.2) is 0 Å². The summed E-state index contributed by atoms with van der Waals surface area (Å²) in [5.41, 5.74) is 2.21. The van der Waals surface area contributed by atoms with Crippen LogP contribution in [0, 0.1) is 0 Å². The normalized spacial score (nSPS) is 10.7. The number of phenolic OH excluding ortho intramolecular Hbond substituents is 1. The van der Waals surface area contributed by atoms with Gasteiger partial charge in [-0.3, -0.25) is 0 Å². The van der Waals surface area contributed by atoms with Gasteiger partial charge >= 0.3 is 0 Å². The summed E-state index contributed by atoms with van der Waals surface area (Å²) in [7, 11) is 0. The fourth-order valence-electron chi connectivity index (χ4n) is 1.79. The molecule has 0 atom stereocenters. The molecule has 0 bridgehead atoms. The van der Waals surface area contributed by atoms with Crippen molar-refractivity contribution in [2.45, 2.75) is 26.4 Å². The molecule has 0 amide bonds. The fraction of sp³-hybridized carbons (Fsp3) is 0.357. The summed E-state index contributed by atoms with van der Waals surface area (Å²) in [5, 5.41) is 12.5. The molecular formula is C14H19N3O. The van der Waals surface area contributed by atoms with Crippen LogP contribution in [0.4, 0.5) is 0 Å². The molecule has 0 aliphatic heterocycles. The highest BCUT2D eigenvalue weighted by Gasteiger charge is 1.99. The van der Waals surface area contributed by atoms with Crippen molar-refractivity contribution in [3.8, 4) is 5.75 Å². The van der Waals surface area contributed by atoms with E-state index in [-0.39, 0.29) is 0 Å². The summed E-state index contributed by atoms with van der Waals surface area (Å²) in [6.45, 7) is 4.76. The maximum atomic E-state index is 9.22. The molecule has 4 heteroatoms. The number of imidazole rings is 1. The molecule has 4 nitrogen and oxygen atoms in total. The summed E-state index contributed by atoms with van der Waals surface area (Å²) in [6, 6.07) is 7.25. The minimum Gasteiger partial charge on any atom is -0.508 e. The van der Waals surface area contributed by atoms with Crippen LogP contribution in [0.15, 0.2) is 36.8 Å². The molecule has 2 aromatic rings. The van der Waals surface area contributed by atoms with Crippen LogP contribution in [-0.4, -0.2) is 21.2 Å². The molecule has 0 fully saturated rings. The van der Waals surface area contributed by atoms with E-state index in [2.05, 4.69) is 28.0 Å². The number of hydrogen-bond acceptors (Lipinski definition) is 3. The van der Waals surface area contributed by atoms with Gasteiger partial charge < -0.3 is 15.0 Å². The van der Waals surface area contributed by atoms with Gasteiger partial charge in [-0.15, -0.1) is 0 Å². The van der Waals surface area contributed by atoms with Gasteiger partial charge in [0.1, 0.15) is 5.75 Å². The number of phenols is 1. The van der Waals surface area contributed by atoms with E-state index in [1.807, 2.05) is 18.5 Å². The van der Waals surface area contributed by atoms with E-state index in [1.165, 1.54) is 0 Å². The van der Waals surface area contributed by atoms with Gasteiger partial charge in [-0.25, -0.2) is 4.98 Å². The summed E-state index contributed by atoms with van der Waals surface area (Å²) in [4.78, 5) is 4.35. The summed E-state index contributed by atoms with van der Waals surface area (Å²) >= 11 is 0. The molecule has 1 aromatic carbocycles. The Kier molecular flexibility index (Phi) is 4.36. The molecule has 96 valence electrons. The van der Waals surface area contributed by atoms with E-state index < -0.39 is 0 Å². The molecule has 1 heterocycles. The van der Waals surface area contributed by atoms with Crippen molar-refractivity contribution >= 4 is 0 Å². The lowest BCUT2D eigenvalue weighted by Crippen LogP contribution is -2.13. The van der Waals surface area contributed by atoms with E-state index in [9.17, 15) is 5.11 Å². The van der Waals surface area contributed by atoms with Crippen LogP contribution in [0.25, 0.3) is 0 Å². The SMILES string of the molecule is CCCNCc1cn(Cc2ccc(O)cc2)cn1. The van der Waals surface area contributed by atoms with E-state index in [0.717, 1.165) is 37.3 Å². The van der Waals surface area contributed by atoms with Crippen molar-refractivity contribution in [2.24, 2.45) is 0 Å². The molecule has 0 saturated heterocycles. The van der Waals surface area contributed by atoms with Gasteiger partial charge in [0.25, 0.3) is 0 Å². The third-order valence-electron chi connectivity index (χ3n) is 2.72. The zero-order valence-corrected chi connectivity index (χ0v) is 10.6. The second-order valence-corrected chi connectivity index (χ2v) is 4.38. The molecule has 0 unspecified atom stereocenters. The van der Waals surface area contributed by atoms with E-state index in [0.29, 0.717) is 5.75 Å². The Morgan fingerprint density at radius 3 is 2.78 bits per heavy atom. The molecule has 1 aromatic heterocycles. The van der Waals surface area contributed by atoms with Crippen molar-refractivity contribution in [2.75, 3.05) is 6.54 Å². The van der Waals surface area contributed by atoms with Crippen LogP contribution >= 0.6 is 0 Å². The number of nitrogens with one attached hydrogen (secondary N) is 1. The standard InChI is InChI=1S/C14H19N3O/c1-2-7-15-8-13-10-17(11-16-13)9-12-3-5-14(18)6-4-12/h3-6,10-11,15,18H,2,7-9H2,1H3. The number of aromatic hydroxyl groups is 1. The molecule has 0 saturated carbocycles. The quantitative estimate of drug-likeness (QED) is 0.767. The van der Waals surface area contributed by atoms with Crippen LogP contribution in [0.3, 0.4) is 0 Å². The Hall–Kier alpha value is -1.81. The molecule has 2 N–H and O–H groups in total. The van der Waals surface area contributed by atoms with Gasteiger partial charge in [0, 0.05) is 19.3 Å². The largest absolute Gasteiger partial charge is 0.508 e. The maximum absolute atomic E-state index is 9.22. The lowest BCUT2D eigenvalue weighted by atomic mass is 10.2. The Morgan fingerprint density at radius 2 is 2.06 bits per heavy atom. The van der Waals surface area contributed by atoms with E-state index in [1.54, 1.807) is 12.1 Å². The third kappa shape index (κ3) is 3.60. The van der Waals surface area contributed by atoms with Gasteiger partial charge in [-0.05, 0) is 30.7 Å². The van der Waals surface area contributed by atoms with Crippen molar-refractivity contribution in [3.05, 3.63) is 48.0 Å². The molecule has 0 aliphatic carbocycles. The monoisotopic (exact) mass is 245 g/mol. The third-order valence-corrected chi connectivity index (χ3v) is 2.72. The minimum atomic E-state index is 0.300.